The molecule has 0 amide bonds. The van der Waals surface area contributed by atoms with Gasteiger partial charge in [0, 0.05) is 0 Å². The average Bonchev–Trinajstić information content (AvgIpc) is 2.77. The topological polar surface area (TPSA) is 52.6 Å². The quantitative estimate of drug-likeness (QED) is 0.454. The van der Waals surface area contributed by atoms with Crippen molar-refractivity contribution < 1.29 is 19.1 Å². The predicted molar refractivity (Wildman–Crippen MR) is 113 cm³/mol. The van der Waals surface area contributed by atoms with Gasteiger partial charge in [0.15, 0.2) is 0 Å². The lowest BCUT2D eigenvalue weighted by Crippen LogP contribution is -2.01. The Labute approximate surface area is 166 Å². The van der Waals surface area contributed by atoms with Crippen molar-refractivity contribution in [1.82, 2.24) is 0 Å². The number of hydrogen-bond acceptors (Lipinski definition) is 4. The Balaban J connectivity index is 2.09. The number of carbonyl (C=O) groups is 2. The molecule has 0 aliphatic rings. The van der Waals surface area contributed by atoms with E-state index < -0.39 is 0 Å². The Morgan fingerprint density at radius 3 is 1.71 bits per heavy atom. The van der Waals surface area contributed by atoms with E-state index in [-0.39, 0.29) is 11.9 Å². The minimum atomic E-state index is -0.358. The number of esters is 2. The van der Waals surface area contributed by atoms with E-state index in [0.717, 1.165) is 28.4 Å². The van der Waals surface area contributed by atoms with E-state index >= 15 is 0 Å². The molecular formula is C23H21O4P. The van der Waals surface area contributed by atoms with Crippen LogP contribution in [0.15, 0.2) is 66.7 Å². The third kappa shape index (κ3) is 3.97. The molecule has 0 bridgehead atoms. The van der Waals surface area contributed by atoms with Gasteiger partial charge >= 0.3 is 11.9 Å². The highest BCUT2D eigenvalue weighted by Crippen LogP contribution is 2.36. The summed E-state index contributed by atoms with van der Waals surface area (Å²) in [5.74, 6) is -0.714. The Morgan fingerprint density at radius 2 is 1.25 bits per heavy atom. The Bertz CT molecular complexity index is 992. The number of benzene rings is 3. The second-order valence-electron chi connectivity index (χ2n) is 6.18. The normalized spacial score (nSPS) is 10.4. The Morgan fingerprint density at radius 1 is 0.750 bits per heavy atom. The van der Waals surface area contributed by atoms with Gasteiger partial charge in [0.2, 0.25) is 0 Å². The lowest BCUT2D eigenvalue weighted by Gasteiger charge is -2.15. The molecule has 1 atom stereocenters. The number of methoxy groups -OCH3 is 2. The van der Waals surface area contributed by atoms with E-state index in [1.165, 1.54) is 19.8 Å². The highest BCUT2D eigenvalue weighted by atomic mass is 31.0. The molecule has 0 spiro atoms. The summed E-state index contributed by atoms with van der Waals surface area (Å²) in [7, 11) is 5.50. The molecule has 3 aromatic carbocycles. The Kier molecular flexibility index (Phi) is 6.23. The number of hydrogen-bond donors (Lipinski definition) is 0. The molecule has 5 heteroatoms. The van der Waals surface area contributed by atoms with Crippen molar-refractivity contribution in [3.63, 3.8) is 0 Å². The average molecular weight is 392 g/mol. The standard InChI is InChI=1S/C23H21O4P/c1-26-22(24)17-10-6-15(7-11-17)20-5-3-4-19(14-28)21(20)16-8-12-18(13-9-16)23(25)27-2/h3-13H,14,28H2,1-2H3. The molecule has 0 aromatic heterocycles. The Hall–Kier alpha value is -2.97. The molecule has 28 heavy (non-hydrogen) atoms. The first-order valence-corrected chi connectivity index (χ1v) is 9.60. The van der Waals surface area contributed by atoms with E-state index in [9.17, 15) is 9.59 Å². The van der Waals surface area contributed by atoms with Crippen molar-refractivity contribution in [2.45, 2.75) is 6.16 Å². The molecule has 4 nitrogen and oxygen atoms in total. The van der Waals surface area contributed by atoms with Gasteiger partial charge in [0.05, 0.1) is 25.3 Å². The summed E-state index contributed by atoms with van der Waals surface area (Å²) < 4.78 is 9.55. The molecule has 3 rings (SSSR count). The number of ether oxygens (including phenoxy) is 2. The lowest BCUT2D eigenvalue weighted by molar-refractivity contribution is 0.0592. The molecule has 142 valence electrons. The van der Waals surface area contributed by atoms with Gasteiger partial charge in [-0.25, -0.2) is 9.59 Å². The van der Waals surface area contributed by atoms with Gasteiger partial charge < -0.3 is 9.47 Å². The molecule has 0 N–H and O–H groups in total. The van der Waals surface area contributed by atoms with Crippen LogP contribution >= 0.6 is 9.24 Å². The number of carbonyl (C=O) groups excluding carboxylic acids is 2. The zero-order valence-corrected chi connectivity index (χ0v) is 16.9. The molecule has 1 unspecified atom stereocenters. The molecule has 0 saturated carbocycles. The second-order valence-corrected chi connectivity index (χ2v) is 6.59. The van der Waals surface area contributed by atoms with Gasteiger partial charge in [0.1, 0.15) is 0 Å². The van der Waals surface area contributed by atoms with Crippen molar-refractivity contribution in [2.75, 3.05) is 14.2 Å². The van der Waals surface area contributed by atoms with E-state index in [2.05, 4.69) is 21.4 Å². The summed E-state index contributed by atoms with van der Waals surface area (Å²) in [6.07, 6.45) is 0.794. The second kappa shape index (κ2) is 8.81. The summed E-state index contributed by atoms with van der Waals surface area (Å²) in [5.41, 5.74) is 6.36. The molecule has 0 saturated heterocycles. The first kappa shape index (κ1) is 19.8. The highest BCUT2D eigenvalue weighted by Gasteiger charge is 2.14. The number of rotatable bonds is 5. The first-order chi connectivity index (χ1) is 13.6. The lowest BCUT2D eigenvalue weighted by atomic mass is 9.90. The summed E-state index contributed by atoms with van der Waals surface area (Å²) in [4.78, 5) is 23.4. The van der Waals surface area contributed by atoms with Crippen LogP contribution in [0, 0.1) is 0 Å². The monoisotopic (exact) mass is 392 g/mol. The third-order valence-electron chi connectivity index (χ3n) is 4.58. The van der Waals surface area contributed by atoms with Crippen LogP contribution in [0.25, 0.3) is 22.3 Å². The largest absolute Gasteiger partial charge is 0.465 e. The van der Waals surface area contributed by atoms with E-state index in [1.54, 1.807) is 24.3 Å². The summed E-state index contributed by atoms with van der Waals surface area (Å²) >= 11 is 0. The molecular weight excluding hydrogens is 371 g/mol. The fourth-order valence-corrected chi connectivity index (χ4v) is 3.49. The van der Waals surface area contributed by atoms with Crippen molar-refractivity contribution in [2.24, 2.45) is 0 Å². The van der Waals surface area contributed by atoms with Crippen LogP contribution in [-0.2, 0) is 15.6 Å². The molecule has 0 fully saturated rings. The fourth-order valence-electron chi connectivity index (χ4n) is 3.15. The molecule has 0 heterocycles. The fraction of sp³-hybridized carbons (Fsp3) is 0.130. The molecule has 3 aromatic rings. The van der Waals surface area contributed by atoms with Gasteiger partial charge in [0.25, 0.3) is 0 Å². The maximum absolute atomic E-state index is 11.7. The van der Waals surface area contributed by atoms with Crippen LogP contribution in [0.3, 0.4) is 0 Å². The first-order valence-electron chi connectivity index (χ1n) is 8.78. The van der Waals surface area contributed by atoms with E-state index in [4.69, 9.17) is 9.47 Å². The van der Waals surface area contributed by atoms with Gasteiger partial charge in [-0.15, -0.1) is 9.24 Å². The van der Waals surface area contributed by atoms with Gasteiger partial charge in [-0.1, -0.05) is 42.5 Å². The van der Waals surface area contributed by atoms with Gasteiger partial charge in [-0.3, -0.25) is 0 Å². The maximum Gasteiger partial charge on any atom is 0.337 e. The van der Waals surface area contributed by atoms with Crippen molar-refractivity contribution in [3.8, 4) is 22.3 Å². The van der Waals surface area contributed by atoms with Gasteiger partial charge in [-0.05, 0) is 58.2 Å². The van der Waals surface area contributed by atoms with Gasteiger partial charge in [-0.2, -0.15) is 0 Å². The van der Waals surface area contributed by atoms with Crippen molar-refractivity contribution in [3.05, 3.63) is 83.4 Å². The van der Waals surface area contributed by atoms with Crippen LogP contribution in [0.2, 0.25) is 0 Å². The minimum Gasteiger partial charge on any atom is -0.465 e. The predicted octanol–water partition coefficient (Wildman–Crippen LogP) is 4.97. The van der Waals surface area contributed by atoms with Crippen LogP contribution < -0.4 is 0 Å². The zero-order valence-electron chi connectivity index (χ0n) is 15.8. The van der Waals surface area contributed by atoms with E-state index in [1.807, 2.05) is 30.3 Å². The van der Waals surface area contributed by atoms with Crippen LogP contribution in [-0.4, -0.2) is 26.2 Å². The summed E-state index contributed by atoms with van der Waals surface area (Å²) in [6.45, 7) is 0. The summed E-state index contributed by atoms with van der Waals surface area (Å²) in [6, 6.07) is 20.9. The highest BCUT2D eigenvalue weighted by molar-refractivity contribution is 7.15. The minimum absolute atomic E-state index is 0.357. The third-order valence-corrected chi connectivity index (χ3v) is 5.02. The molecule has 0 aliphatic carbocycles. The molecule has 0 radical (unpaired) electrons. The maximum atomic E-state index is 11.7. The van der Waals surface area contributed by atoms with Crippen LogP contribution in [0.5, 0.6) is 0 Å². The molecule has 0 aliphatic heterocycles. The SMILES string of the molecule is COC(=O)c1ccc(-c2cccc(CP)c2-c2ccc(C(=O)OC)cc2)cc1. The summed E-state index contributed by atoms with van der Waals surface area (Å²) in [5, 5.41) is 0. The zero-order chi connectivity index (χ0) is 20.1. The van der Waals surface area contributed by atoms with E-state index in [0.29, 0.717) is 11.1 Å². The van der Waals surface area contributed by atoms with Crippen molar-refractivity contribution >= 4 is 21.2 Å². The smallest absolute Gasteiger partial charge is 0.337 e. The van der Waals surface area contributed by atoms with Crippen LogP contribution in [0.4, 0.5) is 0 Å². The van der Waals surface area contributed by atoms with Crippen LogP contribution in [0.1, 0.15) is 26.3 Å². The van der Waals surface area contributed by atoms with Crippen molar-refractivity contribution in [1.29, 1.82) is 0 Å².